The molecule has 1 aliphatic heterocycles. The summed E-state index contributed by atoms with van der Waals surface area (Å²) < 4.78 is 47.0. The lowest BCUT2D eigenvalue weighted by atomic mass is 9.73. The van der Waals surface area contributed by atoms with Crippen LogP contribution in [0.5, 0.6) is 0 Å². The molecule has 1 saturated heterocycles. The molecule has 0 aromatic heterocycles. The first-order valence-electron chi connectivity index (χ1n) is 11.6. The zero-order chi connectivity index (χ0) is 26.6. The van der Waals surface area contributed by atoms with Gasteiger partial charge in [0.05, 0.1) is 30.4 Å². The molecule has 1 aliphatic rings. The van der Waals surface area contributed by atoms with E-state index in [1.54, 1.807) is 36.4 Å². The van der Waals surface area contributed by atoms with E-state index >= 15 is 0 Å². The summed E-state index contributed by atoms with van der Waals surface area (Å²) in [6, 6.07) is 19.5. The number of benzene rings is 3. The number of hydrogen-bond acceptors (Lipinski definition) is 3. The van der Waals surface area contributed by atoms with Crippen LogP contribution in [0.15, 0.2) is 66.7 Å². The first-order chi connectivity index (χ1) is 17.6. The molecule has 0 saturated carbocycles. The van der Waals surface area contributed by atoms with Crippen molar-refractivity contribution in [2.24, 2.45) is 0 Å². The predicted octanol–water partition coefficient (Wildman–Crippen LogP) is 7.13. The van der Waals surface area contributed by atoms with Gasteiger partial charge in [-0.25, -0.2) is 4.79 Å². The highest BCUT2D eigenvalue weighted by Gasteiger charge is 2.38. The van der Waals surface area contributed by atoms with E-state index in [-0.39, 0.29) is 13.2 Å². The minimum Gasteiger partial charge on any atom is -0.465 e. The van der Waals surface area contributed by atoms with Crippen molar-refractivity contribution in [2.75, 3.05) is 19.7 Å². The number of carboxylic acid groups (broad SMARTS) is 1. The van der Waals surface area contributed by atoms with Gasteiger partial charge in [0, 0.05) is 23.5 Å². The molecule has 0 atom stereocenters. The molecule has 0 bridgehead atoms. The summed E-state index contributed by atoms with van der Waals surface area (Å²) in [5, 5.41) is 18.9. The Morgan fingerprint density at radius 1 is 1.05 bits per heavy atom. The first kappa shape index (κ1) is 26.5. The minimum atomic E-state index is -4.54. The van der Waals surface area contributed by atoms with E-state index in [1.807, 2.05) is 24.3 Å². The number of nitriles is 1. The van der Waals surface area contributed by atoms with Crippen LogP contribution in [0.3, 0.4) is 0 Å². The highest BCUT2D eigenvalue weighted by molar-refractivity contribution is 6.30. The SMILES string of the molecule is N#Cc1ccc(-c2cc(COCC3(c4cccc(Cl)c4)CCN(C(=O)O)CC3)cc(C(F)(F)F)c2)cc1. The van der Waals surface area contributed by atoms with E-state index in [9.17, 15) is 23.1 Å². The summed E-state index contributed by atoms with van der Waals surface area (Å²) in [7, 11) is 0. The Balaban J connectivity index is 1.58. The normalized spacial score (nSPS) is 15.3. The second-order valence-corrected chi connectivity index (χ2v) is 9.60. The Morgan fingerprint density at radius 2 is 1.76 bits per heavy atom. The standard InChI is InChI=1S/C28H24ClF3N2O3/c29-25-3-1-2-23(15-25)27(8-10-34(11-9-27)26(35)36)18-37-17-20-12-22(14-24(13-20)28(30,31)32)21-6-4-19(16-33)5-7-21/h1-7,12-15H,8-11,17-18H2,(H,35,36). The van der Waals surface area contributed by atoms with Crippen LogP contribution < -0.4 is 0 Å². The number of rotatable bonds is 6. The Labute approximate surface area is 217 Å². The van der Waals surface area contributed by atoms with Gasteiger partial charge in [-0.05, 0) is 77.6 Å². The van der Waals surface area contributed by atoms with Gasteiger partial charge in [-0.2, -0.15) is 18.4 Å². The summed E-state index contributed by atoms with van der Waals surface area (Å²) in [5.41, 5.74) is 1.31. The van der Waals surface area contributed by atoms with Crippen LogP contribution in [0.2, 0.25) is 5.02 Å². The van der Waals surface area contributed by atoms with E-state index in [0.29, 0.717) is 53.2 Å². The Hall–Kier alpha value is -3.54. The molecule has 3 aromatic carbocycles. The fourth-order valence-electron chi connectivity index (χ4n) is 4.67. The summed E-state index contributed by atoms with van der Waals surface area (Å²) >= 11 is 6.22. The third-order valence-corrected chi connectivity index (χ3v) is 6.98. The van der Waals surface area contributed by atoms with Crippen molar-refractivity contribution in [3.63, 3.8) is 0 Å². The number of carbonyl (C=O) groups is 1. The van der Waals surface area contributed by atoms with Crippen molar-refractivity contribution in [2.45, 2.75) is 31.0 Å². The molecule has 5 nitrogen and oxygen atoms in total. The number of nitrogens with zero attached hydrogens (tertiary/aromatic N) is 2. The maximum atomic E-state index is 13.7. The van der Waals surface area contributed by atoms with Gasteiger partial charge in [0.1, 0.15) is 0 Å². The molecule has 1 fully saturated rings. The van der Waals surface area contributed by atoms with Crippen LogP contribution >= 0.6 is 11.6 Å². The zero-order valence-electron chi connectivity index (χ0n) is 19.8. The maximum Gasteiger partial charge on any atom is 0.416 e. The maximum absolute atomic E-state index is 13.7. The molecule has 192 valence electrons. The van der Waals surface area contributed by atoms with Gasteiger partial charge < -0.3 is 14.7 Å². The van der Waals surface area contributed by atoms with E-state index in [4.69, 9.17) is 21.6 Å². The monoisotopic (exact) mass is 528 g/mol. The quantitative estimate of drug-likeness (QED) is 0.369. The average Bonchev–Trinajstić information content (AvgIpc) is 2.88. The van der Waals surface area contributed by atoms with Gasteiger partial charge in [0.15, 0.2) is 0 Å². The molecule has 0 unspecified atom stereocenters. The van der Waals surface area contributed by atoms with Crippen molar-refractivity contribution in [3.05, 3.63) is 94.0 Å². The van der Waals surface area contributed by atoms with Crippen molar-refractivity contribution in [3.8, 4) is 17.2 Å². The fraction of sp³-hybridized carbons (Fsp3) is 0.286. The molecule has 0 spiro atoms. The summed E-state index contributed by atoms with van der Waals surface area (Å²) in [6.45, 7) is 0.774. The Kier molecular flexibility index (Phi) is 7.76. The molecule has 0 aliphatic carbocycles. The molecular formula is C28H24ClF3N2O3. The van der Waals surface area contributed by atoms with Crippen molar-refractivity contribution >= 4 is 17.7 Å². The number of hydrogen-bond donors (Lipinski definition) is 1. The number of halogens is 4. The number of likely N-dealkylation sites (tertiary alicyclic amines) is 1. The largest absolute Gasteiger partial charge is 0.465 e. The lowest BCUT2D eigenvalue weighted by Crippen LogP contribution is -2.47. The van der Waals surface area contributed by atoms with Crippen LogP contribution in [-0.2, 0) is 22.9 Å². The van der Waals surface area contributed by atoms with Gasteiger partial charge >= 0.3 is 12.3 Å². The van der Waals surface area contributed by atoms with Crippen LogP contribution in [0, 0.1) is 11.3 Å². The topological polar surface area (TPSA) is 73.6 Å². The summed E-state index contributed by atoms with van der Waals surface area (Å²) in [5.74, 6) is 0. The summed E-state index contributed by atoms with van der Waals surface area (Å²) in [4.78, 5) is 12.8. The van der Waals surface area contributed by atoms with Gasteiger partial charge in [-0.15, -0.1) is 0 Å². The van der Waals surface area contributed by atoms with E-state index in [2.05, 4.69) is 0 Å². The van der Waals surface area contributed by atoms with Gasteiger partial charge in [-0.1, -0.05) is 35.9 Å². The van der Waals surface area contributed by atoms with Crippen LogP contribution in [-0.4, -0.2) is 35.8 Å². The van der Waals surface area contributed by atoms with Crippen molar-refractivity contribution in [1.82, 2.24) is 4.90 Å². The zero-order valence-corrected chi connectivity index (χ0v) is 20.5. The van der Waals surface area contributed by atoms with Crippen molar-refractivity contribution in [1.29, 1.82) is 5.26 Å². The van der Waals surface area contributed by atoms with Gasteiger partial charge in [-0.3, -0.25) is 0 Å². The lowest BCUT2D eigenvalue weighted by Gasteiger charge is -2.41. The molecule has 37 heavy (non-hydrogen) atoms. The Morgan fingerprint density at radius 3 is 2.35 bits per heavy atom. The highest BCUT2D eigenvalue weighted by Crippen LogP contribution is 2.38. The highest BCUT2D eigenvalue weighted by atomic mass is 35.5. The van der Waals surface area contributed by atoms with E-state index < -0.39 is 23.2 Å². The molecule has 1 N–H and O–H groups in total. The second-order valence-electron chi connectivity index (χ2n) is 9.16. The molecular weight excluding hydrogens is 505 g/mol. The van der Waals surface area contributed by atoms with Gasteiger partial charge in [0.25, 0.3) is 0 Å². The fourth-order valence-corrected chi connectivity index (χ4v) is 4.86. The Bertz CT molecular complexity index is 1310. The summed E-state index contributed by atoms with van der Waals surface area (Å²) in [6.07, 6.45) is -4.53. The van der Waals surface area contributed by atoms with E-state index in [0.717, 1.165) is 17.7 Å². The van der Waals surface area contributed by atoms with Gasteiger partial charge in [0.2, 0.25) is 0 Å². The molecule has 1 amide bonds. The minimum absolute atomic E-state index is 0.0574. The number of amides is 1. The predicted molar refractivity (Wildman–Crippen MR) is 133 cm³/mol. The molecule has 1 heterocycles. The lowest BCUT2D eigenvalue weighted by molar-refractivity contribution is -0.137. The van der Waals surface area contributed by atoms with Crippen LogP contribution in [0.4, 0.5) is 18.0 Å². The molecule has 3 aromatic rings. The molecule has 9 heteroatoms. The third kappa shape index (κ3) is 6.24. The van der Waals surface area contributed by atoms with E-state index in [1.165, 1.54) is 4.90 Å². The molecule has 4 rings (SSSR count). The number of alkyl halides is 3. The third-order valence-electron chi connectivity index (χ3n) is 6.74. The number of ether oxygens (including phenoxy) is 1. The van der Waals surface area contributed by atoms with Crippen LogP contribution in [0.25, 0.3) is 11.1 Å². The average molecular weight is 529 g/mol. The number of piperidine rings is 1. The second kappa shape index (κ2) is 10.8. The molecule has 0 radical (unpaired) electrons. The smallest absolute Gasteiger partial charge is 0.416 e. The first-order valence-corrected chi connectivity index (χ1v) is 12.0. The van der Waals surface area contributed by atoms with Crippen LogP contribution in [0.1, 0.15) is 35.1 Å². The van der Waals surface area contributed by atoms with Crippen molar-refractivity contribution < 1.29 is 27.8 Å².